The second-order valence-electron chi connectivity index (χ2n) is 22.5. The van der Waals surface area contributed by atoms with E-state index < -0.39 is 116 Å². The standard InChI is InChI=1S/C47H80O17/c1-22(2)10-9-14-47(8,64-42-39(58)36(55)34(53)27(62-42)21-60-40-37(56)32(51)25(50)20-59-40)23-11-16-46(7)31(23)24(49)18-29-44(5)15-13-30(43(3,4)28(44)12-17-45(29,46)6)63-41-38(57)35(54)33(52)26(19-48)61-41/h10,23-42,48-58H,9,11-21H2,1-8H3/t23?,24-,25-,26-,27-,28?,29?,30+,31?,32+,33-,34-,35+,36+,37-,38-,39-,40+,41+,42+,44+,45-,46-,47+/m1/s1. The van der Waals surface area contributed by atoms with Crippen LogP contribution in [0.1, 0.15) is 113 Å². The van der Waals surface area contributed by atoms with E-state index in [0.717, 1.165) is 37.7 Å². The Morgan fingerprint density at radius 3 is 1.94 bits per heavy atom. The fourth-order valence-corrected chi connectivity index (χ4v) is 14.5. The first-order valence-electron chi connectivity index (χ1n) is 23.8. The lowest BCUT2D eigenvalue weighted by Gasteiger charge is -2.71. The Balaban J connectivity index is 1.11. The molecule has 3 saturated heterocycles. The van der Waals surface area contributed by atoms with Crippen LogP contribution in [0.4, 0.5) is 0 Å². The summed E-state index contributed by atoms with van der Waals surface area (Å²) in [6.07, 6.45) is -12.4. The lowest BCUT2D eigenvalue weighted by molar-refractivity contribution is -0.346. The SMILES string of the molecule is CC(C)=CCC[C@](C)(O[C@@H]1O[C@H](CO[C@@H]2OC[C@@H](O)[C@H](O)[C@H]2O)[C@@H](O)[C@H](O)[C@H]1O)C1CC[C@]2(C)C1[C@H](O)CC1[C@@]3(C)CC[C@H](O[C@@H]4O[C@H](CO)[C@@H](O)[C@H](O)[C@H]4O)C(C)(C)C3CC[C@]12C. The summed E-state index contributed by atoms with van der Waals surface area (Å²) < 4.78 is 36.5. The molecule has 0 aromatic rings. The quantitative estimate of drug-likeness (QED) is 0.0946. The van der Waals surface area contributed by atoms with E-state index in [1.165, 1.54) is 0 Å². The molecule has 370 valence electrons. The molecule has 0 radical (unpaired) electrons. The summed E-state index contributed by atoms with van der Waals surface area (Å²) in [5, 5.41) is 118. The van der Waals surface area contributed by atoms with Gasteiger partial charge < -0.3 is 84.6 Å². The zero-order chi connectivity index (χ0) is 47.1. The van der Waals surface area contributed by atoms with Gasteiger partial charge in [0.1, 0.15) is 67.1 Å². The molecular formula is C47H80O17. The second kappa shape index (κ2) is 18.8. The summed E-state index contributed by atoms with van der Waals surface area (Å²) in [5.74, 6) is -0.0478. The minimum absolute atomic E-state index is 0.149. The van der Waals surface area contributed by atoms with Crippen LogP contribution in [-0.2, 0) is 28.4 Å². The van der Waals surface area contributed by atoms with Crippen molar-refractivity contribution in [1.82, 2.24) is 0 Å². The summed E-state index contributed by atoms with van der Waals surface area (Å²) in [6.45, 7) is 16.3. The molecule has 3 aliphatic heterocycles. The van der Waals surface area contributed by atoms with E-state index in [1.54, 1.807) is 0 Å². The maximum Gasteiger partial charge on any atom is 0.187 e. The molecule has 0 amide bonds. The average Bonchev–Trinajstić information content (AvgIpc) is 3.62. The van der Waals surface area contributed by atoms with Crippen LogP contribution in [0.3, 0.4) is 0 Å². The summed E-state index contributed by atoms with van der Waals surface area (Å²) >= 11 is 0. The number of aliphatic hydroxyl groups excluding tert-OH is 11. The Morgan fingerprint density at radius 1 is 0.672 bits per heavy atom. The molecule has 4 aliphatic carbocycles. The van der Waals surface area contributed by atoms with Crippen molar-refractivity contribution in [2.75, 3.05) is 19.8 Å². The van der Waals surface area contributed by atoms with Crippen molar-refractivity contribution >= 4 is 0 Å². The number of fused-ring (bicyclic) bond motifs is 5. The van der Waals surface area contributed by atoms with Gasteiger partial charge in [-0.15, -0.1) is 0 Å². The number of ether oxygens (including phenoxy) is 6. The average molecular weight is 917 g/mol. The molecule has 7 fully saturated rings. The van der Waals surface area contributed by atoms with Gasteiger partial charge in [0.2, 0.25) is 0 Å². The number of hydrogen-bond donors (Lipinski definition) is 11. The van der Waals surface area contributed by atoms with E-state index in [1.807, 2.05) is 20.8 Å². The predicted molar refractivity (Wildman–Crippen MR) is 228 cm³/mol. The van der Waals surface area contributed by atoms with Crippen LogP contribution in [0, 0.1) is 45.3 Å². The van der Waals surface area contributed by atoms with Crippen molar-refractivity contribution in [1.29, 1.82) is 0 Å². The first-order valence-corrected chi connectivity index (χ1v) is 23.8. The minimum Gasteiger partial charge on any atom is -0.394 e. The van der Waals surface area contributed by atoms with Crippen molar-refractivity contribution in [2.24, 2.45) is 45.3 Å². The lowest BCUT2D eigenvalue weighted by Crippen LogP contribution is -2.67. The van der Waals surface area contributed by atoms with Crippen LogP contribution in [0.5, 0.6) is 0 Å². The van der Waals surface area contributed by atoms with Gasteiger partial charge >= 0.3 is 0 Å². The zero-order valence-electron chi connectivity index (χ0n) is 39.0. The Morgan fingerprint density at radius 2 is 1.28 bits per heavy atom. The summed E-state index contributed by atoms with van der Waals surface area (Å²) in [5.41, 5.74) is -0.948. The van der Waals surface area contributed by atoms with Gasteiger partial charge in [0, 0.05) is 0 Å². The zero-order valence-corrected chi connectivity index (χ0v) is 39.0. The molecule has 0 aromatic carbocycles. The maximum absolute atomic E-state index is 12.7. The fourth-order valence-electron chi connectivity index (χ4n) is 14.5. The molecule has 0 aromatic heterocycles. The van der Waals surface area contributed by atoms with Crippen LogP contribution in [0.2, 0.25) is 0 Å². The smallest absolute Gasteiger partial charge is 0.187 e. The van der Waals surface area contributed by atoms with Crippen LogP contribution >= 0.6 is 0 Å². The van der Waals surface area contributed by atoms with E-state index in [0.29, 0.717) is 25.7 Å². The van der Waals surface area contributed by atoms with Gasteiger partial charge in [-0.05, 0) is 124 Å². The van der Waals surface area contributed by atoms with Gasteiger partial charge in [0.05, 0.1) is 37.6 Å². The Labute approximate surface area is 377 Å². The number of aliphatic hydroxyl groups is 11. The van der Waals surface area contributed by atoms with E-state index in [9.17, 15) is 56.2 Å². The van der Waals surface area contributed by atoms with Crippen molar-refractivity contribution in [3.8, 4) is 0 Å². The van der Waals surface area contributed by atoms with Gasteiger partial charge in [-0.3, -0.25) is 0 Å². The van der Waals surface area contributed by atoms with Crippen LogP contribution < -0.4 is 0 Å². The highest BCUT2D eigenvalue weighted by molar-refractivity contribution is 5.20. The summed E-state index contributed by atoms with van der Waals surface area (Å²) in [7, 11) is 0. The molecule has 17 nitrogen and oxygen atoms in total. The van der Waals surface area contributed by atoms with E-state index in [2.05, 4.69) is 40.7 Å². The van der Waals surface area contributed by atoms with Crippen LogP contribution in [0.15, 0.2) is 11.6 Å². The van der Waals surface area contributed by atoms with Gasteiger partial charge in [-0.25, -0.2) is 0 Å². The van der Waals surface area contributed by atoms with Crippen molar-refractivity contribution in [3.63, 3.8) is 0 Å². The van der Waals surface area contributed by atoms with Gasteiger partial charge in [0.15, 0.2) is 18.9 Å². The third-order valence-electron chi connectivity index (χ3n) is 18.4. The van der Waals surface area contributed by atoms with E-state index in [-0.39, 0.29) is 52.6 Å². The Hall–Kier alpha value is -0.940. The fraction of sp³-hybridized carbons (Fsp3) is 0.957. The third kappa shape index (κ3) is 8.60. The van der Waals surface area contributed by atoms with Crippen molar-refractivity contribution < 1.29 is 84.6 Å². The number of allylic oxidation sites excluding steroid dienone is 2. The highest BCUT2D eigenvalue weighted by atomic mass is 16.7. The molecule has 24 atom stereocenters. The molecule has 17 heteroatoms. The van der Waals surface area contributed by atoms with Crippen LogP contribution in [-0.4, -0.2) is 180 Å². The molecule has 3 heterocycles. The topological polar surface area (TPSA) is 278 Å². The first-order chi connectivity index (χ1) is 29.9. The molecule has 7 aliphatic rings. The molecule has 11 N–H and O–H groups in total. The molecule has 7 rings (SSSR count). The molecule has 4 saturated carbocycles. The minimum atomic E-state index is -1.68. The van der Waals surface area contributed by atoms with E-state index in [4.69, 9.17) is 28.4 Å². The molecule has 0 bridgehead atoms. The van der Waals surface area contributed by atoms with Gasteiger partial charge in [0.25, 0.3) is 0 Å². The summed E-state index contributed by atoms with van der Waals surface area (Å²) in [4.78, 5) is 0. The molecule has 0 spiro atoms. The van der Waals surface area contributed by atoms with Crippen molar-refractivity contribution in [2.45, 2.75) is 217 Å². The maximum atomic E-state index is 12.7. The van der Waals surface area contributed by atoms with Gasteiger partial charge in [-0.1, -0.05) is 46.3 Å². The van der Waals surface area contributed by atoms with Gasteiger partial charge in [-0.2, -0.15) is 0 Å². The summed E-state index contributed by atoms with van der Waals surface area (Å²) in [6, 6.07) is 0. The molecular weight excluding hydrogens is 836 g/mol. The molecule has 64 heavy (non-hydrogen) atoms. The second-order valence-corrected chi connectivity index (χ2v) is 22.5. The third-order valence-corrected chi connectivity index (χ3v) is 18.4. The lowest BCUT2D eigenvalue weighted by atomic mass is 9.35. The number of hydrogen-bond acceptors (Lipinski definition) is 17. The number of rotatable bonds is 12. The Bertz CT molecular complexity index is 1630. The molecule has 4 unspecified atom stereocenters. The monoisotopic (exact) mass is 917 g/mol. The van der Waals surface area contributed by atoms with Crippen molar-refractivity contribution in [3.05, 3.63) is 11.6 Å². The predicted octanol–water partition coefficient (Wildman–Crippen LogP) is 0.612. The Kier molecular flexibility index (Phi) is 14.9. The van der Waals surface area contributed by atoms with E-state index >= 15 is 0 Å². The largest absolute Gasteiger partial charge is 0.394 e. The normalized spacial score (nSPS) is 52.5. The highest BCUT2D eigenvalue weighted by Gasteiger charge is 2.72. The highest BCUT2D eigenvalue weighted by Crippen LogP contribution is 2.76. The van der Waals surface area contributed by atoms with Crippen LogP contribution in [0.25, 0.3) is 0 Å². The first kappa shape index (κ1) is 50.9.